The first kappa shape index (κ1) is 15.8. The van der Waals surface area contributed by atoms with Gasteiger partial charge < -0.3 is 19.9 Å². The molecule has 1 unspecified atom stereocenters. The molecule has 0 bridgehead atoms. The Kier molecular flexibility index (Phi) is 12.8. The standard InChI is InChI=1S/C12H27NO3/c1-3-4-12(5-7-14)11-13-6-8-16-10-9-15-2/h12-14H,3-11H2,1-2H3. The lowest BCUT2D eigenvalue weighted by Gasteiger charge is -2.15. The fourth-order valence-electron chi connectivity index (χ4n) is 1.63. The Morgan fingerprint density at radius 2 is 2.00 bits per heavy atom. The van der Waals surface area contributed by atoms with Crippen LogP contribution in [0.3, 0.4) is 0 Å². The van der Waals surface area contributed by atoms with Gasteiger partial charge in [0, 0.05) is 20.3 Å². The van der Waals surface area contributed by atoms with E-state index in [1.807, 2.05) is 0 Å². The highest BCUT2D eigenvalue weighted by molar-refractivity contribution is 4.61. The molecule has 98 valence electrons. The Morgan fingerprint density at radius 3 is 2.62 bits per heavy atom. The van der Waals surface area contributed by atoms with E-state index in [0.717, 1.165) is 26.1 Å². The molecule has 0 aromatic heterocycles. The van der Waals surface area contributed by atoms with Crippen LogP contribution in [0.15, 0.2) is 0 Å². The van der Waals surface area contributed by atoms with Crippen LogP contribution >= 0.6 is 0 Å². The summed E-state index contributed by atoms with van der Waals surface area (Å²) in [6.45, 7) is 6.35. The van der Waals surface area contributed by atoms with Crippen molar-refractivity contribution >= 4 is 0 Å². The molecular formula is C12H27NO3. The predicted molar refractivity (Wildman–Crippen MR) is 65.7 cm³/mol. The number of nitrogens with one attached hydrogen (secondary N) is 1. The zero-order chi connectivity index (χ0) is 12.1. The van der Waals surface area contributed by atoms with Crippen molar-refractivity contribution in [2.24, 2.45) is 5.92 Å². The Bertz CT molecular complexity index is 127. The summed E-state index contributed by atoms with van der Waals surface area (Å²) >= 11 is 0. The molecule has 1 atom stereocenters. The van der Waals surface area contributed by atoms with E-state index in [9.17, 15) is 0 Å². The molecule has 0 aliphatic carbocycles. The summed E-state index contributed by atoms with van der Waals surface area (Å²) < 4.78 is 10.2. The van der Waals surface area contributed by atoms with Gasteiger partial charge in [-0.25, -0.2) is 0 Å². The Hall–Kier alpha value is -0.160. The Morgan fingerprint density at radius 1 is 1.19 bits per heavy atom. The van der Waals surface area contributed by atoms with Crippen LogP contribution in [-0.4, -0.2) is 51.7 Å². The third kappa shape index (κ3) is 10.4. The molecule has 0 aliphatic heterocycles. The molecule has 0 spiro atoms. The van der Waals surface area contributed by atoms with Crippen molar-refractivity contribution in [3.63, 3.8) is 0 Å². The van der Waals surface area contributed by atoms with Crippen molar-refractivity contribution in [2.75, 3.05) is 46.6 Å². The quantitative estimate of drug-likeness (QED) is 0.495. The molecule has 2 N–H and O–H groups in total. The summed E-state index contributed by atoms with van der Waals surface area (Å²) in [5, 5.41) is 12.3. The Balaban J connectivity index is 3.25. The lowest BCUT2D eigenvalue weighted by Crippen LogP contribution is -2.27. The molecule has 0 fully saturated rings. The fraction of sp³-hybridized carbons (Fsp3) is 1.00. The molecule has 0 aromatic rings. The molecule has 0 amide bonds. The minimum Gasteiger partial charge on any atom is -0.396 e. The largest absolute Gasteiger partial charge is 0.396 e. The number of aliphatic hydroxyl groups is 1. The molecular weight excluding hydrogens is 206 g/mol. The zero-order valence-electron chi connectivity index (χ0n) is 10.7. The van der Waals surface area contributed by atoms with Gasteiger partial charge >= 0.3 is 0 Å². The van der Waals surface area contributed by atoms with Crippen molar-refractivity contribution in [3.05, 3.63) is 0 Å². The van der Waals surface area contributed by atoms with E-state index in [-0.39, 0.29) is 6.61 Å². The molecule has 0 heterocycles. The third-order valence-electron chi connectivity index (χ3n) is 2.52. The molecule has 0 saturated heterocycles. The molecule has 4 heteroatoms. The van der Waals surface area contributed by atoms with E-state index in [4.69, 9.17) is 14.6 Å². The van der Waals surface area contributed by atoms with E-state index in [1.54, 1.807) is 7.11 Å². The SMILES string of the molecule is CCCC(CCO)CNCCOCCOC. The highest BCUT2D eigenvalue weighted by Crippen LogP contribution is 2.08. The second-order valence-corrected chi connectivity index (χ2v) is 3.98. The van der Waals surface area contributed by atoms with Gasteiger partial charge in [-0.05, 0) is 25.3 Å². The molecule has 0 rings (SSSR count). The van der Waals surface area contributed by atoms with E-state index in [2.05, 4.69) is 12.2 Å². The average molecular weight is 233 g/mol. The molecule has 16 heavy (non-hydrogen) atoms. The third-order valence-corrected chi connectivity index (χ3v) is 2.52. The summed E-state index contributed by atoms with van der Waals surface area (Å²) in [5.41, 5.74) is 0. The van der Waals surface area contributed by atoms with Crippen LogP contribution in [0, 0.1) is 5.92 Å². The van der Waals surface area contributed by atoms with Crippen LogP contribution < -0.4 is 5.32 Å². The van der Waals surface area contributed by atoms with Gasteiger partial charge in [-0.3, -0.25) is 0 Å². The van der Waals surface area contributed by atoms with Crippen LogP contribution in [0.5, 0.6) is 0 Å². The molecule has 4 nitrogen and oxygen atoms in total. The smallest absolute Gasteiger partial charge is 0.0700 e. The maximum atomic E-state index is 8.90. The van der Waals surface area contributed by atoms with Gasteiger partial charge in [-0.2, -0.15) is 0 Å². The number of ether oxygens (including phenoxy) is 2. The van der Waals surface area contributed by atoms with Crippen molar-refractivity contribution in [1.29, 1.82) is 0 Å². The number of methoxy groups -OCH3 is 1. The molecule has 0 saturated carbocycles. The second kappa shape index (κ2) is 12.9. The van der Waals surface area contributed by atoms with Crippen LogP contribution in [-0.2, 0) is 9.47 Å². The Labute approximate surface area is 99.3 Å². The minimum atomic E-state index is 0.288. The number of hydrogen-bond acceptors (Lipinski definition) is 4. The molecule has 0 aromatic carbocycles. The van der Waals surface area contributed by atoms with Gasteiger partial charge in [-0.15, -0.1) is 0 Å². The van der Waals surface area contributed by atoms with Crippen LogP contribution in [0.1, 0.15) is 26.2 Å². The maximum absolute atomic E-state index is 8.90. The van der Waals surface area contributed by atoms with E-state index >= 15 is 0 Å². The first-order chi connectivity index (χ1) is 7.85. The van der Waals surface area contributed by atoms with Crippen molar-refractivity contribution in [1.82, 2.24) is 5.32 Å². The lowest BCUT2D eigenvalue weighted by molar-refractivity contribution is 0.0715. The monoisotopic (exact) mass is 233 g/mol. The summed E-state index contributed by atoms with van der Waals surface area (Å²) in [6, 6.07) is 0. The predicted octanol–water partition coefficient (Wildman–Crippen LogP) is 1.04. The van der Waals surface area contributed by atoms with Gasteiger partial charge in [0.15, 0.2) is 0 Å². The van der Waals surface area contributed by atoms with Crippen molar-refractivity contribution < 1.29 is 14.6 Å². The minimum absolute atomic E-state index is 0.288. The fourth-order valence-corrected chi connectivity index (χ4v) is 1.63. The van der Waals surface area contributed by atoms with Gasteiger partial charge in [0.1, 0.15) is 0 Å². The zero-order valence-corrected chi connectivity index (χ0v) is 10.7. The highest BCUT2D eigenvalue weighted by Gasteiger charge is 2.05. The van der Waals surface area contributed by atoms with E-state index in [1.165, 1.54) is 12.8 Å². The topological polar surface area (TPSA) is 50.7 Å². The number of hydrogen-bond donors (Lipinski definition) is 2. The van der Waals surface area contributed by atoms with Gasteiger partial charge in [0.2, 0.25) is 0 Å². The summed E-state index contributed by atoms with van der Waals surface area (Å²) in [6.07, 6.45) is 3.25. The summed E-state index contributed by atoms with van der Waals surface area (Å²) in [5.74, 6) is 0.592. The number of rotatable bonds is 12. The average Bonchev–Trinajstić information content (AvgIpc) is 2.28. The molecule has 0 aliphatic rings. The maximum Gasteiger partial charge on any atom is 0.0700 e. The highest BCUT2D eigenvalue weighted by atomic mass is 16.5. The van der Waals surface area contributed by atoms with E-state index in [0.29, 0.717) is 19.1 Å². The van der Waals surface area contributed by atoms with Gasteiger partial charge in [0.25, 0.3) is 0 Å². The first-order valence-corrected chi connectivity index (χ1v) is 6.23. The molecule has 0 radical (unpaired) electrons. The first-order valence-electron chi connectivity index (χ1n) is 6.23. The normalized spacial score (nSPS) is 12.9. The van der Waals surface area contributed by atoms with Crippen molar-refractivity contribution in [3.8, 4) is 0 Å². The second-order valence-electron chi connectivity index (χ2n) is 3.98. The van der Waals surface area contributed by atoms with Crippen LogP contribution in [0.2, 0.25) is 0 Å². The van der Waals surface area contributed by atoms with Gasteiger partial charge in [0.05, 0.1) is 19.8 Å². The van der Waals surface area contributed by atoms with E-state index < -0.39 is 0 Å². The van der Waals surface area contributed by atoms with Crippen molar-refractivity contribution in [2.45, 2.75) is 26.2 Å². The number of aliphatic hydroxyl groups excluding tert-OH is 1. The summed E-state index contributed by atoms with van der Waals surface area (Å²) in [4.78, 5) is 0. The van der Waals surface area contributed by atoms with Crippen LogP contribution in [0.25, 0.3) is 0 Å². The van der Waals surface area contributed by atoms with Gasteiger partial charge in [-0.1, -0.05) is 13.3 Å². The summed E-state index contributed by atoms with van der Waals surface area (Å²) in [7, 11) is 1.67. The van der Waals surface area contributed by atoms with Crippen LogP contribution in [0.4, 0.5) is 0 Å². The lowest BCUT2D eigenvalue weighted by atomic mass is 10.0.